The molecule has 2 N–H and O–H groups in total. The number of ether oxygens (including phenoxy) is 1. The Balaban J connectivity index is 1.62. The lowest BCUT2D eigenvalue weighted by Gasteiger charge is -2.13. The van der Waals surface area contributed by atoms with Crippen molar-refractivity contribution in [1.82, 2.24) is 19.5 Å². The highest BCUT2D eigenvalue weighted by molar-refractivity contribution is 5.71. The molecule has 8 nitrogen and oxygen atoms in total. The second-order valence-electron chi connectivity index (χ2n) is 7.41. The molecule has 2 heterocycles. The van der Waals surface area contributed by atoms with E-state index in [-0.39, 0.29) is 5.56 Å². The molecule has 29 heavy (non-hydrogen) atoms. The maximum Gasteiger partial charge on any atom is 0.298 e. The van der Waals surface area contributed by atoms with E-state index in [1.807, 2.05) is 19.1 Å². The first-order chi connectivity index (χ1) is 14.2. The summed E-state index contributed by atoms with van der Waals surface area (Å²) >= 11 is 0. The Bertz CT molecular complexity index is 1050. The van der Waals surface area contributed by atoms with E-state index in [0.717, 1.165) is 30.7 Å². The lowest BCUT2D eigenvalue weighted by molar-refractivity contribution is -0.120. The molecular formula is C21H25N5O3. The van der Waals surface area contributed by atoms with Crippen molar-refractivity contribution in [3.05, 3.63) is 46.0 Å². The summed E-state index contributed by atoms with van der Waals surface area (Å²) in [7, 11) is 0. The minimum Gasteiger partial charge on any atom is -0.429 e. The van der Waals surface area contributed by atoms with Crippen molar-refractivity contribution in [3.63, 3.8) is 0 Å². The molecule has 4 rings (SSSR count). The number of imidazole rings is 1. The van der Waals surface area contributed by atoms with Crippen molar-refractivity contribution in [2.45, 2.75) is 58.0 Å². The number of aromatic nitrogens is 4. The highest BCUT2D eigenvalue weighted by Gasteiger charge is 2.22. The van der Waals surface area contributed by atoms with Gasteiger partial charge in [-0.3, -0.25) is 14.2 Å². The quantitative estimate of drug-likeness (QED) is 0.567. The fraction of sp³-hybridized carbons (Fsp3) is 0.429. The molecule has 8 heteroatoms. The van der Waals surface area contributed by atoms with Gasteiger partial charge in [-0.15, -0.1) is 0 Å². The molecule has 1 aliphatic rings. The predicted octanol–water partition coefficient (Wildman–Crippen LogP) is 3.33. The van der Waals surface area contributed by atoms with Crippen molar-refractivity contribution in [2.75, 3.05) is 5.32 Å². The number of carbonyl (C=O) groups excluding carboxylic acids is 1. The average molecular weight is 395 g/mol. The number of benzene rings is 1. The van der Waals surface area contributed by atoms with Gasteiger partial charge in [-0.25, -0.2) is 4.98 Å². The van der Waals surface area contributed by atoms with Crippen molar-refractivity contribution < 1.29 is 9.53 Å². The lowest BCUT2D eigenvalue weighted by atomic mass is 10.1. The van der Waals surface area contributed by atoms with Crippen molar-refractivity contribution in [1.29, 1.82) is 0 Å². The molecule has 0 spiro atoms. The van der Waals surface area contributed by atoms with Crippen LogP contribution < -0.4 is 15.6 Å². The fourth-order valence-corrected chi connectivity index (χ4v) is 3.88. The molecule has 0 atom stereocenters. The van der Waals surface area contributed by atoms with E-state index in [1.54, 1.807) is 16.7 Å². The van der Waals surface area contributed by atoms with Crippen LogP contribution in [0, 0.1) is 0 Å². The van der Waals surface area contributed by atoms with Gasteiger partial charge in [-0.05, 0) is 37.0 Å². The molecule has 0 unspecified atom stereocenters. The number of aromatic amines is 1. The van der Waals surface area contributed by atoms with E-state index in [9.17, 15) is 9.59 Å². The van der Waals surface area contributed by atoms with Crippen molar-refractivity contribution in [2.24, 2.45) is 0 Å². The maximum absolute atomic E-state index is 13.1. The Kier molecular flexibility index (Phi) is 5.59. The van der Waals surface area contributed by atoms with Crippen LogP contribution in [-0.2, 0) is 17.9 Å². The minimum atomic E-state index is -0.0918. The largest absolute Gasteiger partial charge is 0.429 e. The number of rotatable bonds is 8. The second-order valence-corrected chi connectivity index (χ2v) is 7.41. The van der Waals surface area contributed by atoms with Gasteiger partial charge in [0.1, 0.15) is 11.6 Å². The molecule has 3 aromatic rings. The highest BCUT2D eigenvalue weighted by Crippen LogP contribution is 2.32. The normalized spacial score (nSPS) is 14.4. The number of hydrogen-bond donors (Lipinski definition) is 2. The first kappa shape index (κ1) is 19.2. The number of nitrogens with one attached hydrogen (secondary N) is 2. The zero-order valence-corrected chi connectivity index (χ0v) is 16.5. The van der Waals surface area contributed by atoms with Crippen LogP contribution in [0.4, 0.5) is 5.95 Å². The second kappa shape index (κ2) is 8.46. The molecular weight excluding hydrogens is 370 g/mol. The minimum absolute atomic E-state index is 0.0918. The van der Waals surface area contributed by atoms with E-state index >= 15 is 0 Å². The van der Waals surface area contributed by atoms with Crippen LogP contribution in [0.15, 0.2) is 29.1 Å². The molecule has 1 aromatic carbocycles. The number of nitrogens with zero attached hydrogens (tertiary/aromatic N) is 3. The lowest BCUT2D eigenvalue weighted by Crippen LogP contribution is -2.25. The summed E-state index contributed by atoms with van der Waals surface area (Å²) in [4.78, 5) is 36.0. The molecule has 1 aliphatic carbocycles. The summed E-state index contributed by atoms with van der Waals surface area (Å²) in [6.45, 7) is 3.50. The van der Waals surface area contributed by atoms with Gasteiger partial charge in [0.2, 0.25) is 5.95 Å². The first-order valence-electron chi connectivity index (χ1n) is 10.1. The molecule has 1 fully saturated rings. The van der Waals surface area contributed by atoms with E-state index in [1.165, 1.54) is 12.8 Å². The van der Waals surface area contributed by atoms with Crippen LogP contribution >= 0.6 is 0 Å². The zero-order valence-electron chi connectivity index (χ0n) is 16.5. The summed E-state index contributed by atoms with van der Waals surface area (Å²) in [5.41, 5.74) is 1.85. The van der Waals surface area contributed by atoms with E-state index in [0.29, 0.717) is 48.3 Å². The smallest absolute Gasteiger partial charge is 0.298 e. The van der Waals surface area contributed by atoms with Crippen LogP contribution in [0.2, 0.25) is 0 Å². The Hall–Kier alpha value is -3.16. The number of fused-ring (bicyclic) bond motifs is 1. The van der Waals surface area contributed by atoms with Crippen LogP contribution in [0.25, 0.3) is 11.2 Å². The van der Waals surface area contributed by atoms with Gasteiger partial charge in [0, 0.05) is 19.0 Å². The monoisotopic (exact) mass is 395 g/mol. The zero-order chi connectivity index (χ0) is 20.2. The van der Waals surface area contributed by atoms with Crippen LogP contribution in [0.3, 0.4) is 0 Å². The van der Waals surface area contributed by atoms with Crippen LogP contribution in [-0.4, -0.2) is 26.0 Å². The van der Waals surface area contributed by atoms with Gasteiger partial charge in [0.25, 0.3) is 12.0 Å². The Labute approximate surface area is 168 Å². The molecule has 2 aromatic heterocycles. The summed E-state index contributed by atoms with van der Waals surface area (Å²) < 4.78 is 6.48. The molecule has 0 amide bonds. The summed E-state index contributed by atoms with van der Waals surface area (Å²) in [6, 6.07) is 7.17. The average Bonchev–Trinajstić information content (AvgIpc) is 3.40. The van der Waals surface area contributed by atoms with Gasteiger partial charge < -0.3 is 15.0 Å². The van der Waals surface area contributed by atoms with E-state index in [4.69, 9.17) is 4.74 Å². The van der Waals surface area contributed by atoms with Gasteiger partial charge in [-0.2, -0.15) is 4.98 Å². The number of H-pyrrole nitrogens is 1. The summed E-state index contributed by atoms with van der Waals surface area (Å²) in [6.07, 6.45) is 5.45. The first-order valence-corrected chi connectivity index (χ1v) is 10.1. The topological polar surface area (TPSA) is 102 Å². The predicted molar refractivity (Wildman–Crippen MR) is 110 cm³/mol. The highest BCUT2D eigenvalue weighted by atomic mass is 16.5. The standard InChI is InChI=1S/C21H25N5O3/c1-2-11-26-20(28)17-19(24-18(23-17)15-5-3-4-6-15)25-21(26)22-12-14-7-9-16(10-8-14)29-13-27/h7-10,13,15H,2-6,11-12H2,1H3,(H,22,25)(H,23,24). The van der Waals surface area contributed by atoms with Crippen molar-refractivity contribution in [3.8, 4) is 5.75 Å². The molecule has 0 bridgehead atoms. The molecule has 152 valence electrons. The Morgan fingerprint density at radius 3 is 2.69 bits per heavy atom. The molecule has 1 saturated carbocycles. The van der Waals surface area contributed by atoms with Gasteiger partial charge in [-0.1, -0.05) is 31.9 Å². The number of anilines is 1. The summed E-state index contributed by atoms with van der Waals surface area (Å²) in [5.74, 6) is 2.28. The fourth-order valence-electron chi connectivity index (χ4n) is 3.88. The number of carbonyl (C=O) groups is 1. The van der Waals surface area contributed by atoms with Crippen LogP contribution in [0.5, 0.6) is 5.75 Å². The van der Waals surface area contributed by atoms with Gasteiger partial charge >= 0.3 is 0 Å². The third-order valence-electron chi connectivity index (χ3n) is 5.38. The van der Waals surface area contributed by atoms with Crippen molar-refractivity contribution >= 4 is 23.6 Å². The Morgan fingerprint density at radius 2 is 2.00 bits per heavy atom. The Morgan fingerprint density at radius 1 is 1.24 bits per heavy atom. The van der Waals surface area contributed by atoms with Gasteiger partial charge in [0.15, 0.2) is 11.2 Å². The third kappa shape index (κ3) is 4.01. The molecule has 0 saturated heterocycles. The van der Waals surface area contributed by atoms with E-state index in [2.05, 4.69) is 20.3 Å². The number of hydrogen-bond acceptors (Lipinski definition) is 6. The van der Waals surface area contributed by atoms with Crippen LogP contribution in [0.1, 0.15) is 56.3 Å². The molecule has 0 radical (unpaired) electrons. The van der Waals surface area contributed by atoms with E-state index < -0.39 is 0 Å². The van der Waals surface area contributed by atoms with Gasteiger partial charge in [0.05, 0.1) is 0 Å². The maximum atomic E-state index is 13.1. The molecule has 0 aliphatic heterocycles. The summed E-state index contributed by atoms with van der Waals surface area (Å²) in [5, 5.41) is 3.27. The SMILES string of the molecule is CCCn1c(NCc2ccc(OC=O)cc2)nc2nc(C3CCCC3)[nH]c2c1=O. The third-order valence-corrected chi connectivity index (χ3v) is 5.38.